The van der Waals surface area contributed by atoms with Crippen LogP contribution in [-0.2, 0) is 14.3 Å². The SMILES string of the molecule is CCCCCCCCCCCCCCCCCCCCCCCC(O)C(CO)NC(=O)CCCCCCCCCCC/C=C\C/C=C\CCCCCCCCCCCOC(=O)CCCCCCCCCCCCCCCCCCCCC. The van der Waals surface area contributed by atoms with Crippen LogP contribution in [0.2, 0.25) is 0 Å². The van der Waals surface area contributed by atoms with Gasteiger partial charge in [-0.25, -0.2) is 0 Å². The number of rotatable bonds is 71. The molecule has 82 heavy (non-hydrogen) atoms. The first-order chi connectivity index (χ1) is 40.5. The van der Waals surface area contributed by atoms with Crippen LogP contribution in [0.25, 0.3) is 0 Å². The van der Waals surface area contributed by atoms with Crippen molar-refractivity contribution in [1.82, 2.24) is 5.32 Å². The number of carbonyl (C=O) groups excluding carboxylic acids is 2. The van der Waals surface area contributed by atoms with Crippen molar-refractivity contribution < 1.29 is 24.5 Å². The normalized spacial score (nSPS) is 12.6. The van der Waals surface area contributed by atoms with E-state index in [1.54, 1.807) is 0 Å². The molecule has 0 radical (unpaired) electrons. The number of amides is 1. The monoisotopic (exact) mass is 1150 g/mol. The molecular formula is C76H147NO5. The minimum absolute atomic E-state index is 0.0149. The molecule has 0 aliphatic rings. The van der Waals surface area contributed by atoms with E-state index in [2.05, 4.69) is 43.5 Å². The third kappa shape index (κ3) is 67.5. The van der Waals surface area contributed by atoms with E-state index in [4.69, 9.17) is 4.74 Å². The molecule has 0 aliphatic carbocycles. The highest BCUT2D eigenvalue weighted by Gasteiger charge is 2.20. The lowest BCUT2D eigenvalue weighted by Crippen LogP contribution is -2.45. The standard InChI is InChI=1S/C76H147NO5/c1-3-5-7-9-11-13-15-17-19-21-23-29-33-36-40-44-48-52-56-60-64-68-74(79)73(72-78)77-75(80)69-65-61-57-53-49-45-41-37-34-30-27-25-24-26-28-31-35-39-43-47-51-55-59-63-67-71-82-76(81)70-66-62-58-54-50-46-42-38-32-22-20-18-16-14-12-10-8-6-4-2/h25-28,73-74,78-79H,3-24,29-72H2,1-2H3,(H,77,80)/b27-25-,28-26-. The predicted octanol–water partition coefficient (Wildman–Crippen LogP) is 24.5. The third-order valence-electron chi connectivity index (χ3n) is 17.8. The fourth-order valence-electron chi connectivity index (χ4n) is 12.0. The summed E-state index contributed by atoms with van der Waals surface area (Å²) >= 11 is 0. The maximum atomic E-state index is 12.6. The van der Waals surface area contributed by atoms with Gasteiger partial charge in [0.15, 0.2) is 0 Å². The van der Waals surface area contributed by atoms with Gasteiger partial charge in [0, 0.05) is 12.8 Å². The van der Waals surface area contributed by atoms with Gasteiger partial charge in [0.2, 0.25) is 5.91 Å². The highest BCUT2D eigenvalue weighted by atomic mass is 16.5. The second kappa shape index (κ2) is 71.8. The number of allylic oxidation sites excluding steroid dienone is 4. The summed E-state index contributed by atoms with van der Waals surface area (Å²) in [5.74, 6) is -0.0216. The number of hydrogen-bond donors (Lipinski definition) is 3. The molecular weight excluding hydrogens is 1010 g/mol. The van der Waals surface area contributed by atoms with E-state index < -0.39 is 12.1 Å². The van der Waals surface area contributed by atoms with Crippen molar-refractivity contribution in [2.24, 2.45) is 0 Å². The quantitative estimate of drug-likeness (QED) is 0.0320. The number of hydrogen-bond acceptors (Lipinski definition) is 5. The van der Waals surface area contributed by atoms with Gasteiger partial charge in [-0.3, -0.25) is 9.59 Å². The minimum Gasteiger partial charge on any atom is -0.466 e. The van der Waals surface area contributed by atoms with Crippen molar-refractivity contribution in [2.75, 3.05) is 13.2 Å². The molecule has 0 aromatic carbocycles. The van der Waals surface area contributed by atoms with Crippen LogP contribution in [0.1, 0.15) is 425 Å². The summed E-state index contributed by atoms with van der Waals surface area (Å²) in [7, 11) is 0. The molecule has 0 rings (SSSR count). The van der Waals surface area contributed by atoms with E-state index >= 15 is 0 Å². The number of nitrogens with one attached hydrogen (secondary N) is 1. The first-order valence-electron chi connectivity index (χ1n) is 37.6. The van der Waals surface area contributed by atoms with E-state index in [1.165, 1.54) is 347 Å². The molecule has 3 N–H and O–H groups in total. The summed E-state index contributed by atoms with van der Waals surface area (Å²) in [6, 6.07) is -0.547. The maximum absolute atomic E-state index is 12.6. The summed E-state index contributed by atoms with van der Waals surface area (Å²) in [5, 5.41) is 23.4. The van der Waals surface area contributed by atoms with Gasteiger partial charge in [0.05, 0.1) is 25.4 Å². The fraction of sp³-hybridized carbons (Fsp3) is 0.921. The zero-order valence-corrected chi connectivity index (χ0v) is 55.8. The summed E-state index contributed by atoms with van der Waals surface area (Å²) in [5.41, 5.74) is 0. The lowest BCUT2D eigenvalue weighted by Gasteiger charge is -2.22. The largest absolute Gasteiger partial charge is 0.466 e. The second-order valence-electron chi connectivity index (χ2n) is 26.0. The van der Waals surface area contributed by atoms with Crippen LogP contribution in [0.4, 0.5) is 0 Å². The Morgan fingerprint density at radius 3 is 0.927 bits per heavy atom. The van der Waals surface area contributed by atoms with Gasteiger partial charge in [-0.05, 0) is 57.8 Å². The Bertz CT molecular complexity index is 1280. The molecule has 0 aliphatic heterocycles. The maximum Gasteiger partial charge on any atom is 0.305 e. The van der Waals surface area contributed by atoms with E-state index in [1.807, 2.05) is 0 Å². The minimum atomic E-state index is -0.670. The molecule has 6 heteroatoms. The summed E-state index contributed by atoms with van der Waals surface area (Å²) in [6.07, 6.45) is 91.0. The van der Waals surface area contributed by atoms with Crippen LogP contribution in [0.5, 0.6) is 0 Å². The Morgan fingerprint density at radius 1 is 0.341 bits per heavy atom. The number of aliphatic hydroxyl groups excluding tert-OH is 2. The van der Waals surface area contributed by atoms with Gasteiger partial charge in [0.25, 0.3) is 0 Å². The van der Waals surface area contributed by atoms with E-state index in [-0.39, 0.29) is 18.5 Å². The number of ether oxygens (including phenoxy) is 1. The van der Waals surface area contributed by atoms with Gasteiger partial charge in [-0.2, -0.15) is 0 Å². The topological polar surface area (TPSA) is 95.9 Å². The molecule has 0 fully saturated rings. The first-order valence-corrected chi connectivity index (χ1v) is 37.6. The molecule has 2 unspecified atom stereocenters. The molecule has 0 saturated carbocycles. The second-order valence-corrected chi connectivity index (χ2v) is 26.0. The Kier molecular flexibility index (Phi) is 70.4. The molecule has 0 heterocycles. The van der Waals surface area contributed by atoms with Crippen molar-refractivity contribution in [2.45, 2.75) is 437 Å². The molecule has 6 nitrogen and oxygen atoms in total. The average Bonchev–Trinajstić information content (AvgIpc) is 3.48. The van der Waals surface area contributed by atoms with Crippen molar-refractivity contribution >= 4 is 11.9 Å². The predicted molar refractivity (Wildman–Crippen MR) is 361 cm³/mol. The summed E-state index contributed by atoms with van der Waals surface area (Å²) in [4.78, 5) is 24.7. The van der Waals surface area contributed by atoms with Gasteiger partial charge in [-0.15, -0.1) is 0 Å². The molecule has 0 aromatic rings. The van der Waals surface area contributed by atoms with Crippen LogP contribution >= 0.6 is 0 Å². The van der Waals surface area contributed by atoms with Crippen molar-refractivity contribution in [3.8, 4) is 0 Å². The molecule has 2 atom stereocenters. The van der Waals surface area contributed by atoms with Gasteiger partial charge in [0.1, 0.15) is 0 Å². The van der Waals surface area contributed by atoms with E-state index in [0.29, 0.717) is 25.9 Å². The van der Waals surface area contributed by atoms with Gasteiger partial charge < -0.3 is 20.3 Å². The Balaban J connectivity index is 3.41. The van der Waals surface area contributed by atoms with E-state index in [0.717, 1.165) is 44.9 Å². The van der Waals surface area contributed by atoms with Crippen LogP contribution in [0, 0.1) is 0 Å². The highest BCUT2D eigenvalue weighted by molar-refractivity contribution is 5.76. The summed E-state index contributed by atoms with van der Waals surface area (Å²) in [6.45, 7) is 5.00. The number of esters is 1. The van der Waals surface area contributed by atoms with Crippen molar-refractivity contribution in [1.29, 1.82) is 0 Å². The Morgan fingerprint density at radius 2 is 0.610 bits per heavy atom. The van der Waals surface area contributed by atoms with Crippen LogP contribution in [-0.4, -0.2) is 47.4 Å². The summed E-state index contributed by atoms with van der Waals surface area (Å²) < 4.78 is 5.51. The Hall–Kier alpha value is -1.66. The van der Waals surface area contributed by atoms with Crippen LogP contribution < -0.4 is 5.32 Å². The van der Waals surface area contributed by atoms with Crippen LogP contribution in [0.3, 0.4) is 0 Å². The molecule has 0 saturated heterocycles. The van der Waals surface area contributed by atoms with Gasteiger partial charge >= 0.3 is 5.97 Å². The smallest absolute Gasteiger partial charge is 0.305 e. The van der Waals surface area contributed by atoms with Crippen molar-refractivity contribution in [3.05, 3.63) is 24.3 Å². The Labute approximate surface area is 513 Å². The zero-order valence-electron chi connectivity index (χ0n) is 55.8. The van der Waals surface area contributed by atoms with Gasteiger partial charge in [-0.1, -0.05) is 378 Å². The lowest BCUT2D eigenvalue weighted by molar-refractivity contribution is -0.143. The molecule has 0 spiro atoms. The lowest BCUT2D eigenvalue weighted by atomic mass is 10.0. The number of carbonyl (C=O) groups is 2. The molecule has 486 valence electrons. The van der Waals surface area contributed by atoms with Crippen LogP contribution in [0.15, 0.2) is 24.3 Å². The highest BCUT2D eigenvalue weighted by Crippen LogP contribution is 2.19. The molecule has 0 aromatic heterocycles. The first kappa shape index (κ1) is 80.3. The number of aliphatic hydroxyl groups is 2. The molecule has 0 bridgehead atoms. The molecule has 1 amide bonds. The number of unbranched alkanes of at least 4 members (excludes halogenated alkanes) is 56. The average molecular weight is 1160 g/mol. The van der Waals surface area contributed by atoms with E-state index in [9.17, 15) is 19.8 Å². The fourth-order valence-corrected chi connectivity index (χ4v) is 12.0. The zero-order chi connectivity index (χ0) is 59.2. The van der Waals surface area contributed by atoms with Crippen molar-refractivity contribution in [3.63, 3.8) is 0 Å². The third-order valence-corrected chi connectivity index (χ3v) is 17.8.